The molecule has 0 bridgehead atoms. The first-order chi connectivity index (χ1) is 15.9. The first kappa shape index (κ1) is 23.1. The van der Waals surface area contributed by atoms with Crippen LogP contribution in [0.1, 0.15) is 43.2 Å². The van der Waals surface area contributed by atoms with Crippen LogP contribution >= 0.6 is 0 Å². The summed E-state index contributed by atoms with van der Waals surface area (Å²) in [4.78, 5) is 23.7. The van der Waals surface area contributed by atoms with Gasteiger partial charge in [0.05, 0.1) is 6.54 Å². The highest BCUT2D eigenvalue weighted by atomic mass is 16.5. The van der Waals surface area contributed by atoms with Crippen LogP contribution in [0.5, 0.6) is 5.75 Å². The second kappa shape index (κ2) is 9.83. The van der Waals surface area contributed by atoms with Crippen molar-refractivity contribution >= 4 is 12.1 Å². The summed E-state index contributed by atoms with van der Waals surface area (Å²) in [7, 11) is 2.05. The molecule has 1 saturated carbocycles. The zero-order valence-electron chi connectivity index (χ0n) is 18.9. The molecule has 2 aromatic rings. The van der Waals surface area contributed by atoms with Gasteiger partial charge in [-0.15, -0.1) is 0 Å². The minimum Gasteiger partial charge on any atom is -0.488 e. The Morgan fingerprint density at radius 2 is 1.82 bits per heavy atom. The van der Waals surface area contributed by atoms with Gasteiger partial charge in [-0.2, -0.15) is 0 Å². The summed E-state index contributed by atoms with van der Waals surface area (Å²) in [6, 6.07) is 17.5. The molecule has 2 aliphatic rings. The summed E-state index contributed by atoms with van der Waals surface area (Å²) in [6.45, 7) is 0.0603. The third-order valence-corrected chi connectivity index (χ3v) is 7.28. The zero-order valence-corrected chi connectivity index (χ0v) is 18.9. The van der Waals surface area contributed by atoms with E-state index in [0.717, 1.165) is 37.0 Å². The van der Waals surface area contributed by atoms with Gasteiger partial charge in [-0.05, 0) is 68.3 Å². The fraction of sp³-hybridized carbons (Fsp3) is 0.462. The van der Waals surface area contributed by atoms with Crippen LogP contribution in [0.4, 0.5) is 4.79 Å². The Labute approximate surface area is 194 Å². The lowest BCUT2D eigenvalue weighted by Crippen LogP contribution is -2.43. The maximum atomic E-state index is 11.4. The van der Waals surface area contributed by atoms with E-state index in [1.165, 1.54) is 11.1 Å². The summed E-state index contributed by atoms with van der Waals surface area (Å²) in [6.07, 6.45) is 3.89. The van der Waals surface area contributed by atoms with Crippen molar-refractivity contribution in [2.75, 3.05) is 13.6 Å². The van der Waals surface area contributed by atoms with Crippen molar-refractivity contribution in [2.24, 2.45) is 5.92 Å². The molecule has 0 radical (unpaired) electrons. The average molecular weight is 453 g/mol. The lowest BCUT2D eigenvalue weighted by molar-refractivity contribution is -0.141. The third-order valence-electron chi connectivity index (χ3n) is 7.28. The summed E-state index contributed by atoms with van der Waals surface area (Å²) < 4.78 is 6.00. The molecule has 1 heterocycles. The fourth-order valence-corrected chi connectivity index (χ4v) is 5.41. The largest absolute Gasteiger partial charge is 0.488 e. The Morgan fingerprint density at radius 1 is 1.09 bits per heavy atom. The minimum atomic E-state index is -1.23. The number of nitrogens with zero attached hydrogens (tertiary/aromatic N) is 1. The molecule has 7 nitrogen and oxygen atoms in total. The van der Waals surface area contributed by atoms with Gasteiger partial charge < -0.3 is 20.3 Å². The first-order valence-corrected chi connectivity index (χ1v) is 11.6. The molecule has 0 unspecified atom stereocenters. The van der Waals surface area contributed by atoms with Crippen LogP contribution in [0.2, 0.25) is 0 Å². The molecule has 176 valence electrons. The van der Waals surface area contributed by atoms with Crippen molar-refractivity contribution in [3.8, 4) is 5.75 Å². The Morgan fingerprint density at radius 3 is 2.42 bits per heavy atom. The zero-order chi connectivity index (χ0) is 23.4. The molecule has 1 aliphatic carbocycles. The number of carbonyl (C=O) groups is 2. The predicted octanol–water partition coefficient (Wildman–Crippen LogP) is 4.12. The number of benzene rings is 2. The van der Waals surface area contributed by atoms with Crippen molar-refractivity contribution in [3.05, 3.63) is 65.7 Å². The van der Waals surface area contributed by atoms with E-state index >= 15 is 0 Å². The lowest BCUT2D eigenvalue weighted by Gasteiger charge is -2.41. The number of hydrogen-bond donors (Lipinski definition) is 3. The average Bonchev–Trinajstić information content (AvgIpc) is 3.25. The van der Waals surface area contributed by atoms with Crippen LogP contribution in [0.3, 0.4) is 0 Å². The Balaban J connectivity index is 1.36. The molecule has 2 atom stereocenters. The number of ether oxygens (including phenoxy) is 1. The molecule has 1 aliphatic heterocycles. The first-order valence-electron chi connectivity index (χ1n) is 11.6. The van der Waals surface area contributed by atoms with Gasteiger partial charge in [-0.3, -0.25) is 4.90 Å². The van der Waals surface area contributed by atoms with Crippen LogP contribution in [-0.4, -0.2) is 52.9 Å². The van der Waals surface area contributed by atoms with Gasteiger partial charge in [0.1, 0.15) is 17.9 Å². The molecule has 3 N–H and O–H groups in total. The van der Waals surface area contributed by atoms with Crippen molar-refractivity contribution in [1.82, 2.24) is 10.2 Å². The number of likely N-dealkylation sites (tertiary alicyclic amines) is 1. The molecular formula is C26H32N2O5. The molecular weight excluding hydrogens is 420 g/mol. The molecule has 1 amide bonds. The Hall–Kier alpha value is -3.06. The highest BCUT2D eigenvalue weighted by Gasteiger charge is 2.41. The summed E-state index contributed by atoms with van der Waals surface area (Å²) in [5.41, 5.74) is 2.59. The van der Waals surface area contributed by atoms with E-state index in [2.05, 4.69) is 48.8 Å². The van der Waals surface area contributed by atoms with Crippen LogP contribution in [0, 0.1) is 5.92 Å². The van der Waals surface area contributed by atoms with E-state index in [1.807, 2.05) is 18.2 Å². The van der Waals surface area contributed by atoms with E-state index in [0.29, 0.717) is 11.7 Å². The van der Waals surface area contributed by atoms with Gasteiger partial charge in [0.25, 0.3) is 0 Å². The topological polar surface area (TPSA) is 99.1 Å². The molecule has 2 fully saturated rings. The number of hydrogen-bond acceptors (Lipinski definition) is 4. The van der Waals surface area contributed by atoms with Gasteiger partial charge in [0.15, 0.2) is 0 Å². The molecule has 7 heteroatoms. The molecule has 4 rings (SSSR count). The van der Waals surface area contributed by atoms with Crippen molar-refractivity contribution in [3.63, 3.8) is 0 Å². The van der Waals surface area contributed by atoms with Gasteiger partial charge in [0, 0.05) is 12.0 Å². The summed E-state index contributed by atoms with van der Waals surface area (Å²) in [5.74, 6) is 0.122. The second-order valence-electron chi connectivity index (χ2n) is 9.26. The maximum Gasteiger partial charge on any atom is 0.408 e. The van der Waals surface area contributed by atoms with Crippen molar-refractivity contribution < 1.29 is 24.5 Å². The molecule has 0 aromatic heterocycles. The summed E-state index contributed by atoms with van der Waals surface area (Å²) in [5, 5.41) is 22.2. The minimum absolute atomic E-state index is 0.0435. The predicted molar refractivity (Wildman–Crippen MR) is 124 cm³/mol. The molecule has 33 heavy (non-hydrogen) atoms. The van der Waals surface area contributed by atoms with Gasteiger partial charge in [-0.25, -0.2) is 9.59 Å². The number of rotatable bonds is 7. The number of nitrogens with one attached hydrogen (secondary N) is 1. The van der Waals surface area contributed by atoms with E-state index in [4.69, 9.17) is 4.74 Å². The van der Waals surface area contributed by atoms with E-state index < -0.39 is 24.2 Å². The van der Waals surface area contributed by atoms with Crippen LogP contribution < -0.4 is 10.1 Å². The van der Waals surface area contributed by atoms with Gasteiger partial charge >= 0.3 is 12.1 Å². The van der Waals surface area contributed by atoms with Crippen LogP contribution in [0.25, 0.3) is 0 Å². The highest BCUT2D eigenvalue weighted by Crippen LogP contribution is 2.40. The molecule has 2 aromatic carbocycles. The second-order valence-corrected chi connectivity index (χ2v) is 9.26. The highest BCUT2D eigenvalue weighted by molar-refractivity contribution is 5.80. The molecule has 1 saturated heterocycles. The van der Waals surface area contributed by atoms with E-state index in [1.54, 1.807) is 0 Å². The quantitative estimate of drug-likeness (QED) is 0.585. The normalized spacial score (nSPS) is 27.3. The standard InChI is InChI=1S/C26H32N2O5/c1-27-26(20-7-3-2-4-8-20)12-10-18(11-13-26)14-19-6-5-9-21(15-19)33-22-16-23(24(29)30)28(17-22)25(31)32/h2-9,15,18,22-23,27H,10-14,16-17H2,1H3,(H,29,30)(H,31,32)/t18?,22-,23-,26?/m0/s1. The van der Waals surface area contributed by atoms with E-state index in [9.17, 15) is 19.8 Å². The Bertz CT molecular complexity index is 950. The van der Waals surface area contributed by atoms with Gasteiger partial charge in [0.2, 0.25) is 0 Å². The number of aliphatic carboxylic acids is 1. The lowest BCUT2D eigenvalue weighted by atomic mass is 9.71. The van der Waals surface area contributed by atoms with Gasteiger partial charge in [-0.1, -0.05) is 42.5 Å². The van der Waals surface area contributed by atoms with Crippen molar-refractivity contribution in [1.29, 1.82) is 0 Å². The third kappa shape index (κ3) is 5.14. The number of carboxylic acid groups (broad SMARTS) is 2. The van der Waals surface area contributed by atoms with E-state index in [-0.39, 0.29) is 18.5 Å². The maximum absolute atomic E-state index is 11.4. The summed E-state index contributed by atoms with van der Waals surface area (Å²) >= 11 is 0. The Kier molecular flexibility index (Phi) is 6.88. The number of carboxylic acids is 1. The van der Waals surface area contributed by atoms with Crippen LogP contribution in [0.15, 0.2) is 54.6 Å². The smallest absolute Gasteiger partial charge is 0.408 e. The SMILES string of the molecule is CNC1(c2ccccc2)CCC(Cc2cccc(O[C@H]3C[C@@H](C(=O)O)N(C(=O)O)C3)c2)CC1. The van der Waals surface area contributed by atoms with Crippen molar-refractivity contribution in [2.45, 2.75) is 56.2 Å². The van der Waals surface area contributed by atoms with Crippen LogP contribution in [-0.2, 0) is 16.8 Å². The number of amides is 1. The fourth-order valence-electron chi connectivity index (χ4n) is 5.41. The monoisotopic (exact) mass is 452 g/mol. The molecule has 0 spiro atoms.